The third-order valence-corrected chi connectivity index (χ3v) is 2.02. The van der Waals surface area contributed by atoms with Crippen LogP contribution in [0.1, 0.15) is 19.8 Å². The molecule has 0 aliphatic carbocycles. The highest BCUT2D eigenvalue weighted by Gasteiger charge is 2.17. The van der Waals surface area contributed by atoms with Gasteiger partial charge in [-0.05, 0) is 6.42 Å². The molecule has 0 bridgehead atoms. The van der Waals surface area contributed by atoms with Crippen molar-refractivity contribution in [3.63, 3.8) is 0 Å². The number of carboxylic acid groups (broad SMARTS) is 1. The molecule has 1 unspecified atom stereocenters. The number of nitrogens with zero attached hydrogens (tertiary/aromatic N) is 2. The molecule has 1 aromatic rings. The maximum Gasteiger partial charge on any atom is 0.343 e. The minimum atomic E-state index is -0.875. The summed E-state index contributed by atoms with van der Waals surface area (Å²) in [6, 6.07) is 0. The molecule has 2 N–H and O–H groups in total. The number of aliphatic carboxylic acids is 1. The topological polar surface area (TPSA) is 88.0 Å². The minimum Gasteiger partial charge on any atom is -0.481 e. The van der Waals surface area contributed by atoms with E-state index in [1.807, 2.05) is 6.92 Å². The van der Waals surface area contributed by atoms with Crippen LogP contribution in [0.2, 0.25) is 0 Å². The summed E-state index contributed by atoms with van der Waals surface area (Å²) in [5, 5.41) is 14.6. The number of carbonyl (C=O) groups is 1. The first-order valence-electron chi connectivity index (χ1n) is 4.47. The average Bonchev–Trinajstić information content (AvgIpc) is 2.51. The van der Waals surface area contributed by atoms with Crippen molar-refractivity contribution in [3.05, 3.63) is 16.8 Å². The van der Waals surface area contributed by atoms with Crippen LogP contribution in [-0.2, 0) is 11.3 Å². The summed E-state index contributed by atoms with van der Waals surface area (Å²) in [6.07, 6.45) is 2.66. The van der Waals surface area contributed by atoms with Gasteiger partial charge in [0.25, 0.3) is 0 Å². The third kappa shape index (κ3) is 2.45. The smallest absolute Gasteiger partial charge is 0.343 e. The zero-order valence-corrected chi connectivity index (χ0v) is 7.93. The van der Waals surface area contributed by atoms with Gasteiger partial charge in [0.15, 0.2) is 0 Å². The van der Waals surface area contributed by atoms with Crippen LogP contribution >= 0.6 is 0 Å². The molecule has 0 saturated heterocycles. The van der Waals surface area contributed by atoms with Crippen molar-refractivity contribution in [1.29, 1.82) is 0 Å². The molecule has 0 aliphatic rings. The largest absolute Gasteiger partial charge is 0.481 e. The van der Waals surface area contributed by atoms with Crippen molar-refractivity contribution in [3.8, 4) is 0 Å². The van der Waals surface area contributed by atoms with Crippen molar-refractivity contribution in [2.45, 2.75) is 26.3 Å². The molecular weight excluding hydrogens is 186 g/mol. The third-order valence-electron chi connectivity index (χ3n) is 2.02. The number of aromatic amines is 1. The number of nitrogens with one attached hydrogen (secondary N) is 1. The Morgan fingerprint density at radius 3 is 2.93 bits per heavy atom. The van der Waals surface area contributed by atoms with Crippen molar-refractivity contribution in [2.24, 2.45) is 5.92 Å². The summed E-state index contributed by atoms with van der Waals surface area (Å²) in [7, 11) is 0. The van der Waals surface area contributed by atoms with Gasteiger partial charge in [0.1, 0.15) is 6.33 Å². The quantitative estimate of drug-likeness (QED) is 0.702. The Hall–Kier alpha value is -1.59. The zero-order valence-electron chi connectivity index (χ0n) is 7.93. The van der Waals surface area contributed by atoms with E-state index in [-0.39, 0.29) is 12.2 Å². The number of rotatable bonds is 5. The van der Waals surface area contributed by atoms with Crippen LogP contribution in [0.25, 0.3) is 0 Å². The second kappa shape index (κ2) is 4.59. The first-order chi connectivity index (χ1) is 6.65. The monoisotopic (exact) mass is 199 g/mol. The van der Waals surface area contributed by atoms with Crippen LogP contribution < -0.4 is 5.69 Å². The molecule has 1 heterocycles. The summed E-state index contributed by atoms with van der Waals surface area (Å²) in [4.78, 5) is 21.8. The lowest BCUT2D eigenvalue weighted by Crippen LogP contribution is -2.25. The Morgan fingerprint density at radius 1 is 1.79 bits per heavy atom. The molecule has 0 fully saturated rings. The van der Waals surface area contributed by atoms with E-state index in [2.05, 4.69) is 10.2 Å². The van der Waals surface area contributed by atoms with Gasteiger partial charge >= 0.3 is 11.7 Å². The van der Waals surface area contributed by atoms with Gasteiger partial charge in [-0.25, -0.2) is 9.89 Å². The van der Waals surface area contributed by atoms with Gasteiger partial charge < -0.3 is 5.11 Å². The standard InChI is InChI=1S/C8H13N3O3/c1-2-3-6(7(12)13)4-11-5-9-10-8(11)14/h5-6H,2-4H2,1H3,(H,10,14)(H,12,13). The SMILES string of the molecule is CCCC(Cn1cn[nH]c1=O)C(=O)O. The van der Waals surface area contributed by atoms with Crippen LogP contribution in [0.4, 0.5) is 0 Å². The van der Waals surface area contributed by atoms with Gasteiger partial charge in [-0.2, -0.15) is 5.10 Å². The van der Waals surface area contributed by atoms with Crippen molar-refractivity contribution in [1.82, 2.24) is 14.8 Å². The molecule has 1 rings (SSSR count). The molecule has 78 valence electrons. The lowest BCUT2D eigenvalue weighted by Gasteiger charge is -2.09. The summed E-state index contributed by atoms with van der Waals surface area (Å²) in [5.74, 6) is -1.39. The fraction of sp³-hybridized carbons (Fsp3) is 0.625. The molecule has 1 atom stereocenters. The molecule has 6 nitrogen and oxygen atoms in total. The van der Waals surface area contributed by atoms with Gasteiger partial charge in [-0.3, -0.25) is 9.36 Å². The first kappa shape index (κ1) is 10.5. The fourth-order valence-corrected chi connectivity index (χ4v) is 1.28. The molecule has 0 spiro atoms. The number of hydrogen-bond donors (Lipinski definition) is 2. The molecular formula is C8H13N3O3. The van der Waals surface area contributed by atoms with Crippen LogP contribution in [0.5, 0.6) is 0 Å². The van der Waals surface area contributed by atoms with E-state index < -0.39 is 11.9 Å². The lowest BCUT2D eigenvalue weighted by molar-refractivity contribution is -0.142. The highest BCUT2D eigenvalue weighted by Crippen LogP contribution is 2.08. The molecule has 0 aromatic carbocycles. The number of hydrogen-bond acceptors (Lipinski definition) is 3. The fourth-order valence-electron chi connectivity index (χ4n) is 1.28. The Balaban J connectivity index is 2.69. The van der Waals surface area contributed by atoms with E-state index >= 15 is 0 Å². The molecule has 14 heavy (non-hydrogen) atoms. The van der Waals surface area contributed by atoms with E-state index in [9.17, 15) is 9.59 Å². The van der Waals surface area contributed by atoms with Gasteiger partial charge in [-0.15, -0.1) is 0 Å². The second-order valence-electron chi connectivity index (χ2n) is 3.14. The van der Waals surface area contributed by atoms with E-state index in [1.54, 1.807) is 0 Å². The van der Waals surface area contributed by atoms with Crippen LogP contribution in [0.15, 0.2) is 11.1 Å². The minimum absolute atomic E-state index is 0.179. The summed E-state index contributed by atoms with van der Waals surface area (Å²) in [5.41, 5.74) is -0.368. The Labute approximate surface area is 80.6 Å². The number of carboxylic acids is 1. The highest BCUT2D eigenvalue weighted by atomic mass is 16.4. The maximum atomic E-state index is 11.0. The van der Waals surface area contributed by atoms with Crippen molar-refractivity contribution in [2.75, 3.05) is 0 Å². The van der Waals surface area contributed by atoms with E-state index in [1.165, 1.54) is 10.9 Å². The number of H-pyrrole nitrogens is 1. The van der Waals surface area contributed by atoms with E-state index in [0.29, 0.717) is 6.42 Å². The van der Waals surface area contributed by atoms with Gasteiger partial charge in [-0.1, -0.05) is 13.3 Å². The molecule has 1 aromatic heterocycles. The van der Waals surface area contributed by atoms with Gasteiger partial charge in [0.2, 0.25) is 0 Å². The van der Waals surface area contributed by atoms with Gasteiger partial charge in [0.05, 0.1) is 5.92 Å². The summed E-state index contributed by atoms with van der Waals surface area (Å²) < 4.78 is 1.27. The second-order valence-corrected chi connectivity index (χ2v) is 3.14. The van der Waals surface area contributed by atoms with Crippen LogP contribution in [-0.4, -0.2) is 25.8 Å². The molecule has 0 saturated carbocycles. The van der Waals surface area contributed by atoms with Crippen LogP contribution in [0.3, 0.4) is 0 Å². The molecule has 0 radical (unpaired) electrons. The average molecular weight is 199 g/mol. The summed E-state index contributed by atoms with van der Waals surface area (Å²) in [6.45, 7) is 2.09. The lowest BCUT2D eigenvalue weighted by atomic mass is 10.0. The highest BCUT2D eigenvalue weighted by molar-refractivity contribution is 5.69. The van der Waals surface area contributed by atoms with Crippen molar-refractivity contribution >= 4 is 5.97 Å². The molecule has 0 amide bonds. The van der Waals surface area contributed by atoms with E-state index in [4.69, 9.17) is 5.11 Å². The maximum absolute atomic E-state index is 11.0. The van der Waals surface area contributed by atoms with Crippen molar-refractivity contribution < 1.29 is 9.90 Å². The van der Waals surface area contributed by atoms with Gasteiger partial charge in [0, 0.05) is 6.54 Å². The van der Waals surface area contributed by atoms with Crippen LogP contribution in [0, 0.1) is 5.92 Å². The number of aromatic nitrogens is 3. The molecule has 6 heteroatoms. The predicted molar refractivity (Wildman–Crippen MR) is 48.9 cm³/mol. The zero-order chi connectivity index (χ0) is 10.6. The first-order valence-corrected chi connectivity index (χ1v) is 4.47. The molecule has 0 aliphatic heterocycles. The Bertz CT molecular complexity index is 355. The van der Waals surface area contributed by atoms with E-state index in [0.717, 1.165) is 6.42 Å². The Morgan fingerprint density at radius 2 is 2.50 bits per heavy atom. The predicted octanol–water partition coefficient (Wildman–Crippen LogP) is 0.0723. The Kier molecular flexibility index (Phi) is 3.44. The summed E-state index contributed by atoms with van der Waals surface area (Å²) >= 11 is 0. The normalized spacial score (nSPS) is 12.6.